The molecule has 4 fully saturated rings. The first-order valence-corrected chi connectivity index (χ1v) is 12.5. The normalized spacial score (nSPS) is 55.1. The number of rotatable bonds is 6. The number of aliphatic hydroxyl groups is 6. The number of nitrogens with two attached hydrogens (primary N) is 4. The van der Waals surface area contributed by atoms with E-state index in [9.17, 15) is 30.6 Å². The second kappa shape index (κ2) is 11.8. The Kier molecular flexibility index (Phi) is 9.40. The van der Waals surface area contributed by atoms with Crippen molar-refractivity contribution < 1.29 is 54.3 Å². The number of aliphatic hydroxyl groups excluding tert-OH is 6. The van der Waals surface area contributed by atoms with Crippen molar-refractivity contribution in [3.05, 3.63) is 0 Å². The quantitative estimate of drug-likeness (QED) is 0.149. The molecule has 0 aromatic heterocycles. The highest BCUT2D eigenvalue weighted by molar-refractivity contribution is 5.01. The van der Waals surface area contributed by atoms with E-state index in [2.05, 4.69) is 5.32 Å². The Morgan fingerprint density at radius 1 is 0.730 bits per heavy atom. The minimum atomic E-state index is -1.54. The topological polar surface area (TPSA) is 284 Å². The smallest absolute Gasteiger partial charge is 0.189 e. The standard InChI is InChI=1S/C21H41N5O11/c1-26-11-14(30)18-8(33-20(11)37-21-16(32)13(29)10(25)9(4-27)34-21)3-7(24)19(36-18)35-17-6(23)2-5(22)12(28)15(17)31/h5-21,26-32H,2-4,22-25H2,1H3/t5-,6+,7-,8?,9-,10-,11+,12+,13+,14-,15-,16-,17-,18?,19?,20-,21-/m1/s1. The summed E-state index contributed by atoms with van der Waals surface area (Å²) < 4.78 is 29.2. The third-order valence-corrected chi connectivity index (χ3v) is 7.74. The Bertz CT molecular complexity index is 756. The summed E-state index contributed by atoms with van der Waals surface area (Å²) >= 11 is 0. The van der Waals surface area contributed by atoms with Crippen molar-refractivity contribution in [2.45, 2.75) is 117 Å². The minimum absolute atomic E-state index is 0.156. The van der Waals surface area contributed by atoms with Crippen LogP contribution in [0.25, 0.3) is 0 Å². The lowest BCUT2D eigenvalue weighted by Crippen LogP contribution is -2.70. The van der Waals surface area contributed by atoms with Gasteiger partial charge in [0.15, 0.2) is 18.9 Å². The minimum Gasteiger partial charge on any atom is -0.394 e. The van der Waals surface area contributed by atoms with Crippen LogP contribution >= 0.6 is 0 Å². The maximum Gasteiger partial charge on any atom is 0.189 e. The van der Waals surface area contributed by atoms with Crippen molar-refractivity contribution in [2.75, 3.05) is 13.7 Å². The molecule has 37 heavy (non-hydrogen) atoms. The summed E-state index contributed by atoms with van der Waals surface area (Å²) in [5.74, 6) is 0. The Balaban J connectivity index is 1.43. The summed E-state index contributed by atoms with van der Waals surface area (Å²) in [4.78, 5) is 0. The van der Waals surface area contributed by atoms with Crippen molar-refractivity contribution in [1.82, 2.24) is 5.32 Å². The number of hydrogen-bond acceptors (Lipinski definition) is 16. The molecular formula is C21H41N5O11. The van der Waals surface area contributed by atoms with E-state index in [1.807, 2.05) is 0 Å². The van der Waals surface area contributed by atoms with Gasteiger partial charge >= 0.3 is 0 Å². The fraction of sp³-hybridized carbons (Fsp3) is 1.00. The highest BCUT2D eigenvalue weighted by atomic mass is 16.8. The molecule has 1 saturated carbocycles. The number of hydrogen-bond donors (Lipinski definition) is 11. The lowest BCUT2D eigenvalue weighted by molar-refractivity contribution is -0.373. The maximum absolute atomic E-state index is 11.1. The Labute approximate surface area is 213 Å². The Hall–Kier alpha value is -0.640. The molecule has 17 atom stereocenters. The lowest BCUT2D eigenvalue weighted by Gasteiger charge is -2.51. The highest BCUT2D eigenvalue weighted by Gasteiger charge is 2.54. The van der Waals surface area contributed by atoms with Gasteiger partial charge in [-0.05, 0) is 19.9 Å². The van der Waals surface area contributed by atoms with Crippen LogP contribution in [0.2, 0.25) is 0 Å². The monoisotopic (exact) mass is 539 g/mol. The van der Waals surface area contributed by atoms with Crippen LogP contribution in [0.1, 0.15) is 12.8 Å². The first kappa shape index (κ1) is 29.3. The van der Waals surface area contributed by atoms with E-state index < -0.39 is 111 Å². The third kappa shape index (κ3) is 5.66. The van der Waals surface area contributed by atoms with Crippen LogP contribution < -0.4 is 28.3 Å². The summed E-state index contributed by atoms with van der Waals surface area (Å²) in [5.41, 5.74) is 24.0. The van der Waals surface area contributed by atoms with Gasteiger partial charge in [0.1, 0.15) is 42.7 Å². The van der Waals surface area contributed by atoms with Gasteiger partial charge in [0.25, 0.3) is 0 Å². The van der Waals surface area contributed by atoms with E-state index in [0.29, 0.717) is 0 Å². The first-order valence-electron chi connectivity index (χ1n) is 12.5. The number of likely N-dealkylation sites (N-methyl/N-ethyl adjacent to an activating group) is 1. The molecule has 3 aliphatic heterocycles. The molecule has 0 bridgehead atoms. The molecule has 0 amide bonds. The zero-order chi connectivity index (χ0) is 27.2. The van der Waals surface area contributed by atoms with Crippen molar-refractivity contribution in [3.8, 4) is 0 Å². The molecule has 4 rings (SSSR count). The first-order chi connectivity index (χ1) is 17.5. The van der Waals surface area contributed by atoms with E-state index in [1.165, 1.54) is 0 Å². The Morgan fingerprint density at radius 2 is 1.43 bits per heavy atom. The van der Waals surface area contributed by atoms with Gasteiger partial charge in [0, 0.05) is 12.1 Å². The van der Waals surface area contributed by atoms with Gasteiger partial charge in [0.05, 0.1) is 36.9 Å². The highest BCUT2D eigenvalue weighted by Crippen LogP contribution is 2.35. The van der Waals surface area contributed by atoms with Crippen LogP contribution in [0.4, 0.5) is 0 Å². The van der Waals surface area contributed by atoms with Gasteiger partial charge in [-0.15, -0.1) is 0 Å². The van der Waals surface area contributed by atoms with Gasteiger partial charge in [-0.3, -0.25) is 0 Å². The molecule has 0 radical (unpaired) electrons. The molecule has 0 aromatic carbocycles. The Morgan fingerprint density at radius 3 is 2.08 bits per heavy atom. The lowest BCUT2D eigenvalue weighted by atomic mass is 9.84. The van der Waals surface area contributed by atoms with Crippen molar-refractivity contribution >= 4 is 0 Å². The van der Waals surface area contributed by atoms with E-state index in [0.717, 1.165) is 0 Å². The van der Waals surface area contributed by atoms with Crippen LogP contribution in [0.15, 0.2) is 0 Å². The predicted octanol–water partition coefficient (Wildman–Crippen LogP) is -6.95. The van der Waals surface area contributed by atoms with E-state index in [1.54, 1.807) is 7.05 Å². The van der Waals surface area contributed by atoms with E-state index in [4.69, 9.17) is 46.6 Å². The molecule has 15 N–H and O–H groups in total. The van der Waals surface area contributed by atoms with Gasteiger partial charge in [-0.1, -0.05) is 0 Å². The summed E-state index contributed by atoms with van der Waals surface area (Å²) in [6, 6.07) is -4.05. The number of ether oxygens (including phenoxy) is 5. The summed E-state index contributed by atoms with van der Waals surface area (Å²) in [5, 5.41) is 64.7. The predicted molar refractivity (Wildman–Crippen MR) is 123 cm³/mol. The molecule has 3 unspecified atom stereocenters. The number of nitrogens with one attached hydrogen (secondary N) is 1. The molecule has 0 aromatic rings. The molecule has 0 spiro atoms. The fourth-order valence-electron chi connectivity index (χ4n) is 5.46. The molecule has 16 heteroatoms. The molecule has 216 valence electrons. The van der Waals surface area contributed by atoms with Crippen LogP contribution in [-0.4, -0.2) is 148 Å². The molecule has 1 aliphatic carbocycles. The molecule has 4 aliphatic rings. The molecular weight excluding hydrogens is 498 g/mol. The largest absolute Gasteiger partial charge is 0.394 e. The SMILES string of the molecule is CN[C@@H]1[C@@H](O[C@H]2O[C@H](CO)[C@@H](N)[C@H](O)[C@H]2O)OC2C[C@@H](N)C(O[C@H]3[C@H](O)[C@@H](O)[C@H](N)C[C@@H]3N)OC2[C@@H]1O. The van der Waals surface area contributed by atoms with Gasteiger partial charge in [-0.2, -0.15) is 0 Å². The van der Waals surface area contributed by atoms with Crippen molar-refractivity contribution in [3.63, 3.8) is 0 Å². The van der Waals surface area contributed by atoms with Crippen LogP contribution in [0.5, 0.6) is 0 Å². The zero-order valence-corrected chi connectivity index (χ0v) is 20.5. The second-order valence-electron chi connectivity index (χ2n) is 10.3. The van der Waals surface area contributed by atoms with E-state index in [-0.39, 0.29) is 12.8 Å². The second-order valence-corrected chi connectivity index (χ2v) is 10.3. The maximum atomic E-state index is 11.1. The average molecular weight is 540 g/mol. The van der Waals surface area contributed by atoms with Gasteiger partial charge in [0.2, 0.25) is 0 Å². The van der Waals surface area contributed by atoms with Crippen LogP contribution in [-0.2, 0) is 23.7 Å². The van der Waals surface area contributed by atoms with E-state index >= 15 is 0 Å². The average Bonchev–Trinajstić information content (AvgIpc) is 2.86. The van der Waals surface area contributed by atoms with Crippen molar-refractivity contribution in [2.24, 2.45) is 22.9 Å². The van der Waals surface area contributed by atoms with Crippen molar-refractivity contribution in [1.29, 1.82) is 0 Å². The van der Waals surface area contributed by atoms with Crippen LogP contribution in [0, 0.1) is 0 Å². The number of fused-ring (bicyclic) bond motifs is 1. The van der Waals surface area contributed by atoms with Gasteiger partial charge in [-0.25, -0.2) is 0 Å². The molecule has 3 heterocycles. The van der Waals surface area contributed by atoms with Gasteiger partial charge < -0.3 is 82.6 Å². The zero-order valence-electron chi connectivity index (χ0n) is 20.5. The van der Waals surface area contributed by atoms with Crippen LogP contribution in [0.3, 0.4) is 0 Å². The fourth-order valence-corrected chi connectivity index (χ4v) is 5.46. The molecule has 3 saturated heterocycles. The summed E-state index contributed by atoms with van der Waals surface area (Å²) in [6.45, 7) is -0.508. The third-order valence-electron chi connectivity index (χ3n) is 7.74. The summed E-state index contributed by atoms with van der Waals surface area (Å²) in [7, 11) is 1.55. The summed E-state index contributed by atoms with van der Waals surface area (Å²) in [6.07, 6.45) is -13.7. The molecule has 16 nitrogen and oxygen atoms in total.